The first kappa shape index (κ1) is 22.9. The van der Waals surface area contributed by atoms with Crippen LogP contribution in [-0.2, 0) is 13.2 Å². The van der Waals surface area contributed by atoms with Crippen LogP contribution in [0.2, 0.25) is 10.0 Å². The largest absolute Gasteiger partial charge is 0.490 e. The van der Waals surface area contributed by atoms with E-state index in [9.17, 15) is 5.11 Å². The Bertz CT molecular complexity index is 678. The Morgan fingerprint density at radius 3 is 2.38 bits per heavy atom. The van der Waals surface area contributed by atoms with Gasteiger partial charge in [-0.05, 0) is 49.2 Å². The van der Waals surface area contributed by atoms with Crippen LogP contribution in [0.15, 0.2) is 36.4 Å². The van der Waals surface area contributed by atoms with Gasteiger partial charge < -0.3 is 19.9 Å². The van der Waals surface area contributed by atoms with Crippen LogP contribution in [0, 0.1) is 0 Å². The van der Waals surface area contributed by atoms with Gasteiger partial charge in [0.05, 0.1) is 17.7 Å². The van der Waals surface area contributed by atoms with Crippen LogP contribution in [0.25, 0.3) is 0 Å². The van der Waals surface area contributed by atoms with Crippen LogP contribution in [0.3, 0.4) is 0 Å². The lowest BCUT2D eigenvalue weighted by atomic mass is 10.2. The first-order chi connectivity index (χ1) is 12.0. The molecule has 2 aromatic rings. The van der Waals surface area contributed by atoms with Gasteiger partial charge in [0.2, 0.25) is 0 Å². The van der Waals surface area contributed by atoms with Crippen molar-refractivity contribution in [1.82, 2.24) is 5.32 Å². The lowest BCUT2D eigenvalue weighted by Crippen LogP contribution is -2.23. The summed E-state index contributed by atoms with van der Waals surface area (Å²) in [5, 5.41) is 13.7. The molecule has 1 unspecified atom stereocenters. The highest BCUT2D eigenvalue weighted by atomic mass is 35.5. The highest BCUT2D eigenvalue weighted by Gasteiger charge is 2.13. The summed E-state index contributed by atoms with van der Waals surface area (Å²) in [6.07, 6.45) is -0.399. The zero-order valence-corrected chi connectivity index (χ0v) is 17.1. The smallest absolute Gasteiger partial charge is 0.180 e. The van der Waals surface area contributed by atoms with Gasteiger partial charge in [-0.15, -0.1) is 12.4 Å². The van der Waals surface area contributed by atoms with Crippen molar-refractivity contribution in [3.8, 4) is 11.5 Å². The minimum Gasteiger partial charge on any atom is -0.490 e. The van der Waals surface area contributed by atoms with Gasteiger partial charge in [0.15, 0.2) is 11.5 Å². The van der Waals surface area contributed by atoms with E-state index in [1.54, 1.807) is 6.92 Å². The highest BCUT2D eigenvalue weighted by molar-refractivity contribution is 6.32. The molecule has 2 aromatic carbocycles. The first-order valence-corrected chi connectivity index (χ1v) is 8.96. The minimum atomic E-state index is -0.399. The lowest BCUT2D eigenvalue weighted by molar-refractivity contribution is 0.191. The summed E-state index contributed by atoms with van der Waals surface area (Å²) in [4.78, 5) is 0. The van der Waals surface area contributed by atoms with Gasteiger partial charge in [0.1, 0.15) is 6.61 Å². The third-order valence-electron chi connectivity index (χ3n) is 3.43. The molecule has 0 saturated heterocycles. The predicted octanol–water partition coefficient (Wildman–Crippen LogP) is 4.86. The van der Waals surface area contributed by atoms with Crippen LogP contribution in [-0.4, -0.2) is 24.4 Å². The fraction of sp³-hybridized carbons (Fsp3) is 0.368. The third-order valence-corrected chi connectivity index (χ3v) is 3.97. The second-order valence-corrected chi connectivity index (χ2v) is 6.58. The van der Waals surface area contributed by atoms with Gasteiger partial charge in [-0.25, -0.2) is 0 Å². The second kappa shape index (κ2) is 11.5. The van der Waals surface area contributed by atoms with Crippen molar-refractivity contribution in [3.05, 3.63) is 57.6 Å². The third kappa shape index (κ3) is 7.22. The molecule has 7 heteroatoms. The lowest BCUT2D eigenvalue weighted by Gasteiger charge is -2.16. The van der Waals surface area contributed by atoms with E-state index < -0.39 is 6.10 Å². The Balaban J connectivity index is 0.00000338. The number of hydrogen-bond acceptors (Lipinski definition) is 4. The maximum atomic E-state index is 9.32. The Kier molecular flexibility index (Phi) is 10.1. The number of nitrogens with one attached hydrogen (secondary N) is 1. The van der Waals surface area contributed by atoms with Crippen LogP contribution in [0.5, 0.6) is 11.5 Å². The minimum absolute atomic E-state index is 0. The van der Waals surface area contributed by atoms with E-state index in [2.05, 4.69) is 5.32 Å². The molecule has 0 bridgehead atoms. The molecule has 0 aliphatic carbocycles. The van der Waals surface area contributed by atoms with E-state index in [0.29, 0.717) is 47.8 Å². The average molecular weight is 421 g/mol. The molecule has 1 atom stereocenters. The SMILES string of the molecule is CCOc1cc(CNCC(C)O)cc(Cl)c1OCc1ccc(Cl)cc1.Cl. The van der Waals surface area contributed by atoms with E-state index in [4.69, 9.17) is 32.7 Å². The van der Waals surface area contributed by atoms with Gasteiger partial charge >= 0.3 is 0 Å². The topological polar surface area (TPSA) is 50.7 Å². The Hall–Kier alpha value is -1.17. The van der Waals surface area contributed by atoms with E-state index in [1.165, 1.54) is 0 Å². The molecule has 0 fully saturated rings. The van der Waals surface area contributed by atoms with Gasteiger partial charge in [0.25, 0.3) is 0 Å². The van der Waals surface area contributed by atoms with Crippen molar-refractivity contribution in [2.45, 2.75) is 33.1 Å². The van der Waals surface area contributed by atoms with Crippen molar-refractivity contribution in [2.24, 2.45) is 0 Å². The normalized spacial score (nSPS) is 11.6. The molecule has 0 aliphatic rings. The van der Waals surface area contributed by atoms with Crippen LogP contribution < -0.4 is 14.8 Å². The van der Waals surface area contributed by atoms with Gasteiger partial charge in [-0.1, -0.05) is 35.3 Å². The molecule has 0 saturated carbocycles. The summed E-state index contributed by atoms with van der Waals surface area (Å²) in [5.41, 5.74) is 1.96. The number of rotatable bonds is 9. The van der Waals surface area contributed by atoms with Crippen molar-refractivity contribution >= 4 is 35.6 Å². The van der Waals surface area contributed by atoms with Crippen molar-refractivity contribution in [3.63, 3.8) is 0 Å². The molecule has 2 N–H and O–H groups in total. The number of benzene rings is 2. The number of hydrogen-bond donors (Lipinski definition) is 2. The summed E-state index contributed by atoms with van der Waals surface area (Å²) < 4.78 is 11.6. The number of aliphatic hydroxyl groups excluding tert-OH is 1. The standard InChI is InChI=1S/C19H23Cl2NO3.ClH/c1-3-24-18-9-15(11-22-10-13(2)23)8-17(21)19(18)25-12-14-4-6-16(20)7-5-14;/h4-9,13,22-23H,3,10-12H2,1-2H3;1H. The molecule has 26 heavy (non-hydrogen) atoms. The van der Waals surface area contributed by atoms with Crippen molar-refractivity contribution < 1.29 is 14.6 Å². The van der Waals surface area contributed by atoms with E-state index in [-0.39, 0.29) is 12.4 Å². The highest BCUT2D eigenvalue weighted by Crippen LogP contribution is 2.37. The van der Waals surface area contributed by atoms with E-state index >= 15 is 0 Å². The number of halogens is 3. The summed E-state index contributed by atoms with van der Waals surface area (Å²) >= 11 is 12.3. The Morgan fingerprint density at radius 1 is 1.08 bits per heavy atom. The molecule has 0 aliphatic heterocycles. The summed E-state index contributed by atoms with van der Waals surface area (Å²) in [6, 6.07) is 11.2. The second-order valence-electron chi connectivity index (χ2n) is 5.73. The van der Waals surface area contributed by atoms with Crippen LogP contribution >= 0.6 is 35.6 Å². The molecule has 0 spiro atoms. The Labute approximate surface area is 170 Å². The molecule has 2 rings (SSSR count). The molecule has 0 aromatic heterocycles. The fourth-order valence-corrected chi connectivity index (χ4v) is 2.70. The van der Waals surface area contributed by atoms with Crippen molar-refractivity contribution in [1.29, 1.82) is 0 Å². The van der Waals surface area contributed by atoms with Crippen LogP contribution in [0.4, 0.5) is 0 Å². The average Bonchev–Trinajstić information content (AvgIpc) is 2.55. The van der Waals surface area contributed by atoms with Crippen LogP contribution in [0.1, 0.15) is 25.0 Å². The maximum Gasteiger partial charge on any atom is 0.180 e. The summed E-state index contributed by atoms with van der Waals surface area (Å²) in [5.74, 6) is 1.13. The molecular formula is C19H24Cl3NO3. The number of ether oxygens (including phenoxy) is 2. The first-order valence-electron chi connectivity index (χ1n) is 8.20. The summed E-state index contributed by atoms with van der Waals surface area (Å²) in [6.45, 7) is 5.63. The zero-order valence-electron chi connectivity index (χ0n) is 14.8. The zero-order chi connectivity index (χ0) is 18.2. The monoisotopic (exact) mass is 419 g/mol. The quantitative estimate of drug-likeness (QED) is 0.608. The maximum absolute atomic E-state index is 9.32. The molecule has 0 heterocycles. The fourth-order valence-electron chi connectivity index (χ4n) is 2.29. The Morgan fingerprint density at radius 2 is 1.77 bits per heavy atom. The van der Waals surface area contributed by atoms with E-state index in [0.717, 1.165) is 11.1 Å². The molecule has 4 nitrogen and oxygen atoms in total. The molecule has 144 valence electrons. The molecule has 0 radical (unpaired) electrons. The van der Waals surface area contributed by atoms with Gasteiger partial charge in [-0.3, -0.25) is 0 Å². The molecular weight excluding hydrogens is 397 g/mol. The summed E-state index contributed by atoms with van der Waals surface area (Å²) in [7, 11) is 0. The van der Waals surface area contributed by atoms with Gasteiger partial charge in [0, 0.05) is 18.1 Å². The molecule has 0 amide bonds. The van der Waals surface area contributed by atoms with Crippen molar-refractivity contribution in [2.75, 3.05) is 13.2 Å². The van der Waals surface area contributed by atoms with Gasteiger partial charge in [-0.2, -0.15) is 0 Å². The van der Waals surface area contributed by atoms with E-state index in [1.807, 2.05) is 43.3 Å². The number of aliphatic hydroxyl groups is 1. The predicted molar refractivity (Wildman–Crippen MR) is 109 cm³/mol.